The summed E-state index contributed by atoms with van der Waals surface area (Å²) in [6.07, 6.45) is 0.453. The molecule has 7 nitrogen and oxygen atoms in total. The average molecular weight is 340 g/mol. The molecule has 2 aliphatic rings. The van der Waals surface area contributed by atoms with Crippen LogP contribution in [0, 0.1) is 0 Å². The molecule has 0 bridgehead atoms. The molecular formula is C15H20N2O5S. The first kappa shape index (κ1) is 15.9. The molecule has 2 N–H and O–H groups in total. The van der Waals surface area contributed by atoms with Crippen molar-refractivity contribution in [2.75, 3.05) is 19.0 Å². The Morgan fingerprint density at radius 2 is 2.09 bits per heavy atom. The van der Waals surface area contributed by atoms with Gasteiger partial charge >= 0.3 is 6.03 Å². The molecule has 0 radical (unpaired) electrons. The van der Waals surface area contributed by atoms with Crippen LogP contribution in [-0.4, -0.2) is 44.7 Å². The largest absolute Gasteiger partial charge is 0.486 e. The van der Waals surface area contributed by atoms with E-state index in [1.165, 1.54) is 0 Å². The minimum Gasteiger partial charge on any atom is -0.486 e. The zero-order valence-electron chi connectivity index (χ0n) is 12.9. The van der Waals surface area contributed by atoms with E-state index in [1.807, 2.05) is 18.2 Å². The zero-order chi connectivity index (χ0) is 16.4. The highest BCUT2D eigenvalue weighted by Crippen LogP contribution is 2.33. The van der Waals surface area contributed by atoms with E-state index >= 15 is 0 Å². The Balaban J connectivity index is 1.58. The molecule has 0 unspecified atom stereocenters. The van der Waals surface area contributed by atoms with Gasteiger partial charge in [0.1, 0.15) is 13.2 Å². The maximum absolute atomic E-state index is 12.0. The summed E-state index contributed by atoms with van der Waals surface area (Å²) >= 11 is 0. The van der Waals surface area contributed by atoms with E-state index in [2.05, 4.69) is 10.6 Å². The van der Waals surface area contributed by atoms with Crippen molar-refractivity contribution in [2.45, 2.75) is 31.2 Å². The molecule has 2 aliphatic heterocycles. The number of para-hydroxylation sites is 1. The van der Waals surface area contributed by atoms with Crippen molar-refractivity contribution in [3.8, 4) is 11.5 Å². The second-order valence-corrected chi connectivity index (χ2v) is 8.21. The van der Waals surface area contributed by atoms with Gasteiger partial charge in [-0.15, -0.1) is 0 Å². The number of carbonyl (C=O) groups excluding carboxylic acids is 1. The van der Waals surface area contributed by atoms with Crippen molar-refractivity contribution in [2.24, 2.45) is 0 Å². The topological polar surface area (TPSA) is 93.7 Å². The number of amides is 2. The zero-order valence-corrected chi connectivity index (χ0v) is 13.7. The van der Waals surface area contributed by atoms with Gasteiger partial charge in [0, 0.05) is 18.2 Å². The highest BCUT2D eigenvalue weighted by molar-refractivity contribution is 7.92. The number of hydrogen-bond donors (Lipinski definition) is 2. The van der Waals surface area contributed by atoms with Crippen molar-refractivity contribution in [1.82, 2.24) is 10.6 Å². The van der Waals surface area contributed by atoms with Crippen molar-refractivity contribution in [1.29, 1.82) is 0 Å². The van der Waals surface area contributed by atoms with Crippen LogP contribution in [0.4, 0.5) is 4.79 Å². The normalized spacial score (nSPS) is 24.9. The number of ether oxygens (including phenoxy) is 2. The van der Waals surface area contributed by atoms with Crippen molar-refractivity contribution in [3.63, 3.8) is 0 Å². The van der Waals surface area contributed by atoms with E-state index in [0.29, 0.717) is 31.1 Å². The third-order valence-corrected chi connectivity index (χ3v) is 6.52. The van der Waals surface area contributed by atoms with Crippen LogP contribution in [0.25, 0.3) is 0 Å². The van der Waals surface area contributed by atoms with Gasteiger partial charge in [-0.2, -0.15) is 0 Å². The molecule has 1 aromatic carbocycles. The molecule has 2 atom stereocenters. The molecule has 1 fully saturated rings. The summed E-state index contributed by atoms with van der Waals surface area (Å²) in [5, 5.41) is 4.93. The predicted molar refractivity (Wildman–Crippen MR) is 84.5 cm³/mol. The number of benzene rings is 1. The first-order valence-electron chi connectivity index (χ1n) is 7.61. The molecule has 2 heterocycles. The third-order valence-electron chi connectivity index (χ3n) is 4.25. The quantitative estimate of drug-likeness (QED) is 0.850. The lowest BCUT2D eigenvalue weighted by molar-refractivity contribution is 0.169. The minimum absolute atomic E-state index is 0.122. The Labute approximate surface area is 135 Å². The molecule has 0 spiro atoms. The van der Waals surface area contributed by atoms with Crippen LogP contribution in [0.3, 0.4) is 0 Å². The molecule has 0 saturated carbocycles. The molecule has 2 amide bonds. The van der Waals surface area contributed by atoms with E-state index < -0.39 is 15.1 Å². The van der Waals surface area contributed by atoms with Crippen LogP contribution in [-0.2, 0) is 16.4 Å². The molecule has 3 rings (SSSR count). The minimum atomic E-state index is -3.08. The average Bonchev–Trinajstić information content (AvgIpc) is 2.80. The molecule has 1 saturated heterocycles. The molecular weight excluding hydrogens is 320 g/mol. The number of fused-ring (bicyclic) bond motifs is 1. The van der Waals surface area contributed by atoms with Gasteiger partial charge in [0.05, 0.1) is 11.0 Å². The highest BCUT2D eigenvalue weighted by Gasteiger charge is 2.37. The van der Waals surface area contributed by atoms with Crippen LogP contribution >= 0.6 is 0 Å². The van der Waals surface area contributed by atoms with Gasteiger partial charge in [-0.3, -0.25) is 0 Å². The Morgan fingerprint density at radius 3 is 2.83 bits per heavy atom. The molecule has 126 valence electrons. The monoisotopic (exact) mass is 340 g/mol. The van der Waals surface area contributed by atoms with E-state index in [0.717, 1.165) is 5.56 Å². The van der Waals surface area contributed by atoms with Gasteiger partial charge in [0.25, 0.3) is 0 Å². The second kappa shape index (κ2) is 6.27. The number of nitrogens with one attached hydrogen (secondary N) is 2. The van der Waals surface area contributed by atoms with Gasteiger partial charge in [-0.25, -0.2) is 13.2 Å². The standard InChI is InChI=1S/C15H20N2O5S/c1-10-12(5-8-23(10,19)20)17-15(18)16-9-11-3-2-4-13-14(11)22-7-6-21-13/h2-4,10,12H,5-9H2,1H3,(H2,16,17,18)/t10-,12-/m1/s1. The number of urea groups is 1. The number of carbonyl (C=O) groups is 1. The fourth-order valence-electron chi connectivity index (χ4n) is 2.82. The Bertz CT molecular complexity index is 704. The summed E-state index contributed by atoms with van der Waals surface area (Å²) in [7, 11) is -3.08. The van der Waals surface area contributed by atoms with Crippen LogP contribution in [0.5, 0.6) is 11.5 Å². The fraction of sp³-hybridized carbons (Fsp3) is 0.533. The number of rotatable bonds is 3. The van der Waals surface area contributed by atoms with E-state index in [-0.39, 0.29) is 24.4 Å². The number of hydrogen-bond acceptors (Lipinski definition) is 5. The fourth-order valence-corrected chi connectivity index (χ4v) is 4.48. The van der Waals surface area contributed by atoms with Crippen molar-refractivity contribution >= 4 is 15.9 Å². The van der Waals surface area contributed by atoms with Crippen LogP contribution < -0.4 is 20.1 Å². The molecule has 1 aromatic rings. The summed E-state index contributed by atoms with van der Waals surface area (Å²) in [6.45, 7) is 2.91. The van der Waals surface area contributed by atoms with Gasteiger partial charge < -0.3 is 20.1 Å². The molecule has 23 heavy (non-hydrogen) atoms. The maximum Gasteiger partial charge on any atom is 0.315 e. The SMILES string of the molecule is C[C@@H]1[C@H](NC(=O)NCc2cccc3c2OCCO3)CCS1(=O)=O. The Hall–Kier alpha value is -1.96. The summed E-state index contributed by atoms with van der Waals surface area (Å²) in [5.74, 6) is 1.44. The Kier molecular flexibility index (Phi) is 4.34. The van der Waals surface area contributed by atoms with Gasteiger partial charge in [0.2, 0.25) is 0 Å². The smallest absolute Gasteiger partial charge is 0.315 e. The molecule has 8 heteroatoms. The summed E-state index contributed by atoms with van der Waals surface area (Å²) < 4.78 is 34.5. The van der Waals surface area contributed by atoms with Gasteiger partial charge in [-0.1, -0.05) is 12.1 Å². The summed E-state index contributed by atoms with van der Waals surface area (Å²) in [5.41, 5.74) is 0.824. The van der Waals surface area contributed by atoms with Crippen LogP contribution in [0.15, 0.2) is 18.2 Å². The predicted octanol–water partition coefficient (Wildman–Crippen LogP) is 0.833. The van der Waals surface area contributed by atoms with E-state index in [1.54, 1.807) is 6.92 Å². The lowest BCUT2D eigenvalue weighted by Crippen LogP contribution is -2.45. The first-order valence-corrected chi connectivity index (χ1v) is 9.32. The second-order valence-electron chi connectivity index (χ2n) is 5.74. The van der Waals surface area contributed by atoms with Crippen molar-refractivity contribution in [3.05, 3.63) is 23.8 Å². The lowest BCUT2D eigenvalue weighted by Gasteiger charge is -2.21. The maximum atomic E-state index is 12.0. The molecule has 0 aromatic heterocycles. The van der Waals surface area contributed by atoms with Crippen LogP contribution in [0.1, 0.15) is 18.9 Å². The third kappa shape index (κ3) is 3.36. The lowest BCUT2D eigenvalue weighted by atomic mass is 10.1. The van der Waals surface area contributed by atoms with E-state index in [9.17, 15) is 13.2 Å². The Morgan fingerprint density at radius 1 is 1.30 bits per heavy atom. The summed E-state index contributed by atoms with van der Waals surface area (Å²) in [4.78, 5) is 12.0. The molecule has 0 aliphatic carbocycles. The highest BCUT2D eigenvalue weighted by atomic mass is 32.2. The van der Waals surface area contributed by atoms with Gasteiger partial charge in [-0.05, 0) is 19.4 Å². The summed E-state index contributed by atoms with van der Waals surface area (Å²) in [6, 6.07) is 4.80. The van der Waals surface area contributed by atoms with Gasteiger partial charge in [0.15, 0.2) is 21.3 Å². The number of sulfone groups is 1. The van der Waals surface area contributed by atoms with Crippen molar-refractivity contribution < 1.29 is 22.7 Å². The van der Waals surface area contributed by atoms with Crippen LogP contribution in [0.2, 0.25) is 0 Å². The van der Waals surface area contributed by atoms with E-state index in [4.69, 9.17) is 9.47 Å². The first-order chi connectivity index (χ1) is 11.0.